The van der Waals surface area contributed by atoms with Crippen molar-refractivity contribution in [3.8, 4) is 12.3 Å². The average Bonchev–Trinajstić information content (AvgIpc) is 2.50. The smallest absolute Gasteiger partial charge is 0.144 e. The first-order chi connectivity index (χ1) is 11.0. The molecule has 0 fully saturated rings. The first-order valence-electron chi connectivity index (χ1n) is 7.32. The van der Waals surface area contributed by atoms with Gasteiger partial charge in [-0.25, -0.2) is 4.39 Å². The van der Waals surface area contributed by atoms with Crippen LogP contribution in [0.15, 0.2) is 42.5 Å². The van der Waals surface area contributed by atoms with Gasteiger partial charge in [-0.2, -0.15) is 0 Å². The number of aryl methyl sites for hydroxylation is 1. The Hall–Kier alpha value is -2.73. The van der Waals surface area contributed by atoms with Gasteiger partial charge in [0.2, 0.25) is 0 Å². The molecule has 2 aromatic carbocycles. The van der Waals surface area contributed by atoms with E-state index in [1.165, 1.54) is 12.1 Å². The Morgan fingerprint density at radius 3 is 2.30 bits per heavy atom. The topological polar surface area (TPSA) is 34.1 Å². The number of halogens is 1. The Morgan fingerprint density at radius 1 is 1.04 bits per heavy atom. The van der Waals surface area contributed by atoms with E-state index in [-0.39, 0.29) is 36.6 Å². The van der Waals surface area contributed by atoms with Crippen molar-refractivity contribution in [3.63, 3.8) is 0 Å². The molecule has 0 atom stereocenters. The van der Waals surface area contributed by atoms with Crippen molar-refractivity contribution in [2.75, 3.05) is 0 Å². The lowest BCUT2D eigenvalue weighted by molar-refractivity contribution is -0.126. The molecule has 0 amide bonds. The van der Waals surface area contributed by atoms with Crippen LogP contribution >= 0.6 is 0 Å². The number of hydrogen-bond acceptors (Lipinski definition) is 2. The van der Waals surface area contributed by atoms with Crippen molar-refractivity contribution in [3.05, 3.63) is 70.5 Å². The Labute approximate surface area is 135 Å². The van der Waals surface area contributed by atoms with Gasteiger partial charge in [0, 0.05) is 18.4 Å². The molecule has 0 aliphatic rings. The molecule has 3 heteroatoms. The highest BCUT2D eigenvalue weighted by Gasteiger charge is 2.12. The highest BCUT2D eigenvalue weighted by molar-refractivity contribution is 6.00. The van der Waals surface area contributed by atoms with E-state index in [0.29, 0.717) is 0 Å². The summed E-state index contributed by atoms with van der Waals surface area (Å²) in [5, 5.41) is 0. The molecule has 0 bridgehead atoms. The molecule has 0 heterocycles. The summed E-state index contributed by atoms with van der Waals surface area (Å²) >= 11 is 0. The third-order valence-electron chi connectivity index (χ3n) is 3.61. The van der Waals surface area contributed by atoms with Gasteiger partial charge in [0.25, 0.3) is 0 Å². The number of terminal acetylenes is 1. The van der Waals surface area contributed by atoms with E-state index in [1.807, 2.05) is 0 Å². The predicted molar refractivity (Wildman–Crippen MR) is 87.6 cm³/mol. The van der Waals surface area contributed by atoms with Gasteiger partial charge in [-0.1, -0.05) is 24.1 Å². The van der Waals surface area contributed by atoms with Crippen LogP contribution in [-0.4, -0.2) is 11.6 Å². The molecule has 0 saturated heterocycles. The van der Waals surface area contributed by atoms with Gasteiger partial charge in [-0.05, 0) is 47.9 Å². The number of Topliss-reactive ketones (excluding diaryl/α,β-unsaturated/α-hetero) is 2. The van der Waals surface area contributed by atoms with Crippen molar-refractivity contribution >= 4 is 11.6 Å². The maximum atomic E-state index is 13.0. The SMILES string of the molecule is C#Cc1ccc(CC(=O)CC(=O)Cc2ccc(F)cc2C)cc1. The summed E-state index contributed by atoms with van der Waals surface area (Å²) in [6.07, 6.45) is 5.51. The summed E-state index contributed by atoms with van der Waals surface area (Å²) in [7, 11) is 0. The number of ketones is 2. The summed E-state index contributed by atoms with van der Waals surface area (Å²) in [5.41, 5.74) is 3.06. The fourth-order valence-electron chi connectivity index (χ4n) is 2.36. The summed E-state index contributed by atoms with van der Waals surface area (Å²) in [6, 6.07) is 11.4. The van der Waals surface area contributed by atoms with E-state index in [1.54, 1.807) is 37.3 Å². The molecule has 2 nitrogen and oxygen atoms in total. The van der Waals surface area contributed by atoms with Crippen molar-refractivity contribution in [1.82, 2.24) is 0 Å². The van der Waals surface area contributed by atoms with Crippen molar-refractivity contribution in [1.29, 1.82) is 0 Å². The Bertz CT molecular complexity index is 767. The molecule has 0 N–H and O–H groups in total. The molecule has 2 rings (SSSR count). The van der Waals surface area contributed by atoms with Crippen molar-refractivity contribution in [2.24, 2.45) is 0 Å². The van der Waals surface area contributed by atoms with E-state index in [0.717, 1.165) is 22.3 Å². The van der Waals surface area contributed by atoms with Crippen LogP contribution in [-0.2, 0) is 22.4 Å². The fourth-order valence-corrected chi connectivity index (χ4v) is 2.36. The lowest BCUT2D eigenvalue weighted by Crippen LogP contribution is -2.13. The molecule has 0 spiro atoms. The van der Waals surface area contributed by atoms with Crippen molar-refractivity contribution in [2.45, 2.75) is 26.2 Å². The predicted octanol–water partition coefficient (Wildman–Crippen LogP) is 3.43. The Balaban J connectivity index is 1.91. The molecule has 0 aliphatic heterocycles. The summed E-state index contributed by atoms with van der Waals surface area (Å²) in [6.45, 7) is 1.75. The van der Waals surface area contributed by atoms with Crippen molar-refractivity contribution < 1.29 is 14.0 Å². The third kappa shape index (κ3) is 4.89. The van der Waals surface area contributed by atoms with E-state index < -0.39 is 0 Å². The van der Waals surface area contributed by atoms with Crippen LogP contribution in [0.25, 0.3) is 0 Å². The van der Waals surface area contributed by atoms with E-state index in [2.05, 4.69) is 5.92 Å². The first-order valence-corrected chi connectivity index (χ1v) is 7.32. The minimum Gasteiger partial charge on any atom is -0.299 e. The summed E-state index contributed by atoms with van der Waals surface area (Å²) < 4.78 is 13.0. The van der Waals surface area contributed by atoms with Crippen LogP contribution in [0.4, 0.5) is 4.39 Å². The monoisotopic (exact) mass is 308 g/mol. The standard InChI is InChI=1S/C20H17FO2/c1-3-15-4-6-16(7-5-15)11-19(22)13-20(23)12-17-8-9-18(21)10-14(17)2/h1,4-10H,11-13H2,2H3. The van der Waals surface area contributed by atoms with Crippen LogP contribution in [0.5, 0.6) is 0 Å². The minimum atomic E-state index is -0.329. The Kier molecular flexibility index (Phi) is 5.43. The maximum Gasteiger partial charge on any atom is 0.144 e. The lowest BCUT2D eigenvalue weighted by atomic mass is 9.98. The highest BCUT2D eigenvalue weighted by atomic mass is 19.1. The number of benzene rings is 2. The largest absolute Gasteiger partial charge is 0.299 e. The lowest BCUT2D eigenvalue weighted by Gasteiger charge is -2.05. The quantitative estimate of drug-likeness (QED) is 0.605. The van der Waals surface area contributed by atoms with E-state index >= 15 is 0 Å². The second kappa shape index (κ2) is 7.51. The third-order valence-corrected chi connectivity index (χ3v) is 3.61. The normalized spacial score (nSPS) is 10.1. The van der Waals surface area contributed by atoms with Gasteiger partial charge in [-0.3, -0.25) is 9.59 Å². The Morgan fingerprint density at radius 2 is 1.70 bits per heavy atom. The van der Waals surface area contributed by atoms with Crippen LogP contribution in [0.2, 0.25) is 0 Å². The second-order valence-corrected chi connectivity index (χ2v) is 5.52. The zero-order valence-corrected chi connectivity index (χ0v) is 12.9. The summed E-state index contributed by atoms with van der Waals surface area (Å²) in [4.78, 5) is 24.0. The van der Waals surface area contributed by atoms with Gasteiger partial charge >= 0.3 is 0 Å². The highest BCUT2D eigenvalue weighted by Crippen LogP contribution is 2.12. The zero-order chi connectivity index (χ0) is 16.8. The molecule has 0 saturated carbocycles. The molecule has 2 aromatic rings. The molecule has 0 aliphatic carbocycles. The molecular weight excluding hydrogens is 291 g/mol. The van der Waals surface area contributed by atoms with Crippen LogP contribution in [0.1, 0.15) is 28.7 Å². The molecular formula is C20H17FO2. The van der Waals surface area contributed by atoms with Crippen LogP contribution in [0.3, 0.4) is 0 Å². The first kappa shape index (κ1) is 16.6. The van der Waals surface area contributed by atoms with Gasteiger partial charge in [0.15, 0.2) is 0 Å². The van der Waals surface area contributed by atoms with Crippen LogP contribution in [0, 0.1) is 25.1 Å². The zero-order valence-electron chi connectivity index (χ0n) is 12.9. The minimum absolute atomic E-state index is 0.117. The van der Waals surface area contributed by atoms with E-state index in [9.17, 15) is 14.0 Å². The molecule has 0 unspecified atom stereocenters. The second-order valence-electron chi connectivity index (χ2n) is 5.52. The number of rotatable bonds is 6. The summed E-state index contributed by atoms with van der Waals surface area (Å²) in [5.74, 6) is 1.88. The maximum absolute atomic E-state index is 13.0. The van der Waals surface area contributed by atoms with E-state index in [4.69, 9.17) is 6.42 Å². The molecule has 23 heavy (non-hydrogen) atoms. The number of carbonyl (C=O) groups is 2. The van der Waals surface area contributed by atoms with Gasteiger partial charge < -0.3 is 0 Å². The molecule has 0 aromatic heterocycles. The van der Waals surface area contributed by atoms with Gasteiger partial charge in [0.05, 0.1) is 6.42 Å². The molecule has 0 radical (unpaired) electrons. The van der Waals surface area contributed by atoms with Crippen LogP contribution < -0.4 is 0 Å². The average molecular weight is 308 g/mol. The van der Waals surface area contributed by atoms with Gasteiger partial charge in [-0.15, -0.1) is 6.42 Å². The number of carbonyl (C=O) groups excluding carboxylic acids is 2. The number of hydrogen-bond donors (Lipinski definition) is 0. The fraction of sp³-hybridized carbons (Fsp3) is 0.200. The molecule has 116 valence electrons. The van der Waals surface area contributed by atoms with Gasteiger partial charge in [0.1, 0.15) is 17.4 Å².